The number of hydrogen-bond donors (Lipinski definition) is 1. The second-order valence-electron chi connectivity index (χ2n) is 8.35. The van der Waals surface area contributed by atoms with E-state index in [1.807, 2.05) is 83.8 Å². The Labute approximate surface area is 198 Å². The van der Waals surface area contributed by atoms with Crippen molar-refractivity contribution in [3.8, 4) is 16.9 Å². The first-order chi connectivity index (χ1) is 16.7. The van der Waals surface area contributed by atoms with Crippen LogP contribution in [0.2, 0.25) is 0 Å². The summed E-state index contributed by atoms with van der Waals surface area (Å²) in [6, 6.07) is 25.2. The molecule has 0 aromatic heterocycles. The average Bonchev–Trinajstić information content (AvgIpc) is 2.89. The van der Waals surface area contributed by atoms with Gasteiger partial charge >= 0.3 is 0 Å². The fourth-order valence-corrected chi connectivity index (χ4v) is 4.40. The first kappa shape index (κ1) is 22.0. The summed E-state index contributed by atoms with van der Waals surface area (Å²) in [4.78, 5) is 29.9. The average molecular weight is 458 g/mol. The predicted molar refractivity (Wildman–Crippen MR) is 131 cm³/mol. The van der Waals surface area contributed by atoms with Gasteiger partial charge in [-0.25, -0.2) is 0 Å². The maximum atomic E-state index is 13.1. The Morgan fingerprint density at radius 2 is 1.59 bits per heavy atom. The highest BCUT2D eigenvalue weighted by atomic mass is 16.5. The second kappa shape index (κ2) is 9.97. The molecule has 0 radical (unpaired) electrons. The van der Waals surface area contributed by atoms with E-state index in [2.05, 4.69) is 5.32 Å². The topological polar surface area (TPSA) is 71.1 Å². The molecular formula is C27H27N3O4. The molecule has 1 unspecified atom stereocenters. The molecule has 2 aliphatic heterocycles. The molecule has 0 saturated carbocycles. The van der Waals surface area contributed by atoms with Crippen molar-refractivity contribution in [2.75, 3.05) is 49.6 Å². The number of hydrogen-bond acceptors (Lipinski definition) is 5. The summed E-state index contributed by atoms with van der Waals surface area (Å²) in [6.45, 7) is 2.58. The molecule has 7 nitrogen and oxygen atoms in total. The van der Waals surface area contributed by atoms with E-state index in [0.29, 0.717) is 38.6 Å². The van der Waals surface area contributed by atoms with Crippen LogP contribution >= 0.6 is 0 Å². The summed E-state index contributed by atoms with van der Waals surface area (Å²) in [5, 5.41) is 3.06. The monoisotopic (exact) mass is 457 g/mol. The van der Waals surface area contributed by atoms with Crippen LogP contribution in [-0.4, -0.2) is 62.2 Å². The van der Waals surface area contributed by atoms with Crippen LogP contribution in [-0.2, 0) is 14.3 Å². The van der Waals surface area contributed by atoms with E-state index in [9.17, 15) is 9.59 Å². The number of anilines is 2. The van der Waals surface area contributed by atoms with Gasteiger partial charge in [-0.05, 0) is 23.8 Å². The second-order valence-corrected chi connectivity index (χ2v) is 8.35. The minimum atomic E-state index is -0.669. The van der Waals surface area contributed by atoms with Gasteiger partial charge in [-0.2, -0.15) is 0 Å². The molecule has 2 amide bonds. The lowest BCUT2D eigenvalue weighted by Gasteiger charge is -2.38. The Morgan fingerprint density at radius 1 is 0.882 bits per heavy atom. The largest absolute Gasteiger partial charge is 0.477 e. The van der Waals surface area contributed by atoms with Gasteiger partial charge in [-0.15, -0.1) is 0 Å². The number of para-hydroxylation sites is 3. The van der Waals surface area contributed by atoms with Crippen molar-refractivity contribution in [1.82, 2.24) is 4.90 Å². The highest BCUT2D eigenvalue weighted by Crippen LogP contribution is 2.34. The summed E-state index contributed by atoms with van der Waals surface area (Å²) in [5.41, 5.74) is 3.55. The van der Waals surface area contributed by atoms with Crippen molar-refractivity contribution >= 4 is 23.2 Å². The fraction of sp³-hybridized carbons (Fsp3) is 0.259. The Kier molecular flexibility index (Phi) is 6.44. The van der Waals surface area contributed by atoms with Crippen molar-refractivity contribution in [1.29, 1.82) is 0 Å². The lowest BCUT2D eigenvalue weighted by Crippen LogP contribution is -2.53. The molecule has 34 heavy (non-hydrogen) atoms. The molecule has 1 fully saturated rings. The standard InChI is InChI=1S/C27H27N3O4/c31-26(28-22-11-5-4-10-21(22)20-8-2-1-3-9-20)19-30-18-25(27(32)29-14-16-33-17-15-29)34-24-13-7-6-12-23(24)30/h1-13,25H,14-19H2,(H,28,31). The molecule has 3 aromatic rings. The van der Waals surface area contributed by atoms with Crippen molar-refractivity contribution in [2.45, 2.75) is 6.10 Å². The van der Waals surface area contributed by atoms with Crippen molar-refractivity contribution in [3.63, 3.8) is 0 Å². The molecule has 174 valence electrons. The predicted octanol–water partition coefficient (Wildman–Crippen LogP) is 3.42. The summed E-state index contributed by atoms with van der Waals surface area (Å²) in [7, 11) is 0. The molecule has 7 heteroatoms. The van der Waals surface area contributed by atoms with Crippen LogP contribution in [0.25, 0.3) is 11.1 Å². The van der Waals surface area contributed by atoms with Gasteiger partial charge in [0, 0.05) is 24.3 Å². The zero-order valence-corrected chi connectivity index (χ0v) is 18.9. The van der Waals surface area contributed by atoms with Crippen LogP contribution in [0.5, 0.6) is 5.75 Å². The number of ether oxygens (including phenoxy) is 2. The third-order valence-electron chi connectivity index (χ3n) is 6.08. The van der Waals surface area contributed by atoms with Crippen molar-refractivity contribution in [2.24, 2.45) is 0 Å². The highest BCUT2D eigenvalue weighted by Gasteiger charge is 2.34. The van der Waals surface area contributed by atoms with Gasteiger partial charge in [-0.3, -0.25) is 9.59 Å². The van der Waals surface area contributed by atoms with Crippen LogP contribution in [0.3, 0.4) is 0 Å². The van der Waals surface area contributed by atoms with Crippen LogP contribution in [0.1, 0.15) is 0 Å². The van der Waals surface area contributed by atoms with Gasteiger partial charge in [0.15, 0.2) is 6.10 Å². The van der Waals surface area contributed by atoms with Gasteiger partial charge in [0.2, 0.25) is 5.91 Å². The SMILES string of the molecule is O=C(CN1CC(C(=O)N2CCOCC2)Oc2ccccc21)Nc1ccccc1-c1ccccc1. The number of amides is 2. The molecule has 0 spiro atoms. The summed E-state index contributed by atoms with van der Waals surface area (Å²) < 4.78 is 11.4. The molecule has 3 aromatic carbocycles. The normalized spacial score (nSPS) is 17.5. The van der Waals surface area contributed by atoms with E-state index in [0.717, 1.165) is 22.5 Å². The number of nitrogens with one attached hydrogen (secondary N) is 1. The van der Waals surface area contributed by atoms with Gasteiger partial charge < -0.3 is 24.6 Å². The van der Waals surface area contributed by atoms with Gasteiger partial charge in [0.05, 0.1) is 32.0 Å². The van der Waals surface area contributed by atoms with Crippen molar-refractivity contribution < 1.29 is 19.1 Å². The molecule has 0 aliphatic carbocycles. The molecule has 1 N–H and O–H groups in total. The van der Waals surface area contributed by atoms with Crippen LogP contribution in [0.4, 0.5) is 11.4 Å². The third kappa shape index (κ3) is 4.75. The lowest BCUT2D eigenvalue weighted by molar-refractivity contribution is -0.142. The molecule has 5 rings (SSSR count). The number of nitrogens with zero attached hydrogens (tertiary/aromatic N) is 2. The number of fused-ring (bicyclic) bond motifs is 1. The Morgan fingerprint density at radius 3 is 2.41 bits per heavy atom. The van der Waals surface area contributed by atoms with Gasteiger partial charge in [0.25, 0.3) is 5.91 Å². The molecule has 1 saturated heterocycles. The Bertz CT molecular complexity index is 1160. The zero-order valence-electron chi connectivity index (χ0n) is 18.9. The molecular weight excluding hydrogens is 430 g/mol. The van der Waals surface area contributed by atoms with Crippen molar-refractivity contribution in [3.05, 3.63) is 78.9 Å². The van der Waals surface area contributed by atoms with E-state index in [1.54, 1.807) is 4.90 Å². The Balaban J connectivity index is 1.33. The van der Waals surface area contributed by atoms with E-state index in [1.165, 1.54) is 0 Å². The Hall–Kier alpha value is -3.84. The minimum Gasteiger partial charge on any atom is -0.477 e. The molecule has 1 atom stereocenters. The number of carbonyl (C=O) groups excluding carboxylic acids is 2. The molecule has 2 heterocycles. The number of rotatable bonds is 5. The summed E-state index contributed by atoms with van der Waals surface area (Å²) in [5.74, 6) is 0.383. The number of morpholine rings is 1. The van der Waals surface area contributed by atoms with E-state index in [-0.39, 0.29) is 18.4 Å². The molecule has 2 aliphatic rings. The summed E-state index contributed by atoms with van der Waals surface area (Å²) in [6.07, 6.45) is -0.669. The third-order valence-corrected chi connectivity index (χ3v) is 6.08. The first-order valence-corrected chi connectivity index (χ1v) is 11.5. The number of benzene rings is 3. The van der Waals surface area contributed by atoms with E-state index < -0.39 is 6.10 Å². The van der Waals surface area contributed by atoms with E-state index >= 15 is 0 Å². The quantitative estimate of drug-likeness (QED) is 0.636. The van der Waals surface area contributed by atoms with Crippen LogP contribution in [0, 0.1) is 0 Å². The van der Waals surface area contributed by atoms with Gasteiger partial charge in [0.1, 0.15) is 5.75 Å². The van der Waals surface area contributed by atoms with Crippen LogP contribution in [0.15, 0.2) is 78.9 Å². The first-order valence-electron chi connectivity index (χ1n) is 11.5. The maximum Gasteiger partial charge on any atom is 0.265 e. The zero-order chi connectivity index (χ0) is 23.3. The van der Waals surface area contributed by atoms with E-state index in [4.69, 9.17) is 9.47 Å². The number of carbonyl (C=O) groups is 2. The summed E-state index contributed by atoms with van der Waals surface area (Å²) >= 11 is 0. The molecule has 0 bridgehead atoms. The van der Waals surface area contributed by atoms with Crippen LogP contribution < -0.4 is 15.0 Å². The lowest BCUT2D eigenvalue weighted by atomic mass is 10.0. The maximum absolute atomic E-state index is 13.1. The fourth-order valence-electron chi connectivity index (χ4n) is 4.40. The highest BCUT2D eigenvalue weighted by molar-refractivity contribution is 5.98. The van der Waals surface area contributed by atoms with Gasteiger partial charge in [-0.1, -0.05) is 60.7 Å². The smallest absolute Gasteiger partial charge is 0.265 e. The minimum absolute atomic E-state index is 0.0716.